The first-order valence-electron chi connectivity index (χ1n) is 8.36. The fourth-order valence-electron chi connectivity index (χ4n) is 2.96. The zero-order valence-electron chi connectivity index (χ0n) is 14.2. The molecule has 26 heavy (non-hydrogen) atoms. The third-order valence-corrected chi connectivity index (χ3v) is 6.22. The number of hydrogen-bond acceptors (Lipinski definition) is 4. The van der Waals surface area contributed by atoms with Crippen molar-refractivity contribution in [3.8, 4) is 5.75 Å². The molecular weight excluding hydrogens is 374 g/mol. The lowest BCUT2D eigenvalue weighted by Gasteiger charge is -2.14. The van der Waals surface area contributed by atoms with Gasteiger partial charge in [-0.1, -0.05) is 41.9 Å². The van der Waals surface area contributed by atoms with Crippen LogP contribution in [-0.2, 0) is 21.1 Å². The monoisotopic (exact) mass is 393 g/mol. The number of nitrogens with one attached hydrogen (secondary N) is 1. The van der Waals surface area contributed by atoms with Crippen LogP contribution in [0.2, 0.25) is 5.02 Å². The highest BCUT2D eigenvalue weighted by atomic mass is 35.5. The number of sulfone groups is 1. The number of ether oxygens (including phenoxy) is 1. The first-order valence-corrected chi connectivity index (χ1v) is 10.6. The van der Waals surface area contributed by atoms with Gasteiger partial charge in [-0.25, -0.2) is 8.42 Å². The van der Waals surface area contributed by atoms with Crippen molar-refractivity contribution in [1.82, 2.24) is 5.32 Å². The molecule has 5 nitrogen and oxygen atoms in total. The van der Waals surface area contributed by atoms with Crippen LogP contribution in [0.4, 0.5) is 0 Å². The van der Waals surface area contributed by atoms with Crippen LogP contribution < -0.4 is 10.1 Å². The van der Waals surface area contributed by atoms with Crippen molar-refractivity contribution >= 4 is 27.3 Å². The summed E-state index contributed by atoms with van der Waals surface area (Å²) >= 11 is 6.09. The quantitative estimate of drug-likeness (QED) is 0.818. The van der Waals surface area contributed by atoms with Gasteiger partial charge in [0.15, 0.2) is 16.4 Å². The van der Waals surface area contributed by atoms with Gasteiger partial charge in [0.05, 0.1) is 11.5 Å². The molecule has 7 heteroatoms. The van der Waals surface area contributed by atoms with Gasteiger partial charge in [0, 0.05) is 17.5 Å². The van der Waals surface area contributed by atoms with E-state index < -0.39 is 9.84 Å². The molecule has 0 spiro atoms. The third-order valence-electron chi connectivity index (χ3n) is 4.22. The van der Waals surface area contributed by atoms with Crippen LogP contribution in [0.1, 0.15) is 17.5 Å². The summed E-state index contributed by atoms with van der Waals surface area (Å²) in [4.78, 5) is 12.1. The molecule has 0 saturated carbocycles. The minimum atomic E-state index is -3.02. The van der Waals surface area contributed by atoms with Crippen LogP contribution in [0.15, 0.2) is 48.5 Å². The molecule has 1 atom stereocenters. The van der Waals surface area contributed by atoms with Crippen molar-refractivity contribution in [2.75, 3.05) is 18.1 Å². The number of halogens is 1. The van der Waals surface area contributed by atoms with E-state index in [0.717, 1.165) is 11.1 Å². The first-order chi connectivity index (χ1) is 12.4. The van der Waals surface area contributed by atoms with Crippen molar-refractivity contribution in [3.63, 3.8) is 0 Å². The maximum atomic E-state index is 12.1. The summed E-state index contributed by atoms with van der Waals surface area (Å²) in [7, 11) is -3.02. The van der Waals surface area contributed by atoms with Crippen molar-refractivity contribution in [3.05, 3.63) is 64.7 Å². The highest BCUT2D eigenvalue weighted by Crippen LogP contribution is 2.25. The van der Waals surface area contributed by atoms with E-state index in [0.29, 0.717) is 23.6 Å². The van der Waals surface area contributed by atoms with E-state index in [2.05, 4.69) is 5.32 Å². The molecule has 0 aromatic heterocycles. The summed E-state index contributed by atoms with van der Waals surface area (Å²) in [6.45, 7) is -0.167. The highest BCUT2D eigenvalue weighted by Gasteiger charge is 2.28. The lowest BCUT2D eigenvalue weighted by atomic mass is 10.0. The fraction of sp³-hybridized carbons (Fsp3) is 0.316. The van der Waals surface area contributed by atoms with E-state index in [1.807, 2.05) is 36.4 Å². The smallest absolute Gasteiger partial charge is 0.258 e. The highest BCUT2D eigenvalue weighted by molar-refractivity contribution is 7.91. The number of carbonyl (C=O) groups is 1. The van der Waals surface area contributed by atoms with E-state index in [1.54, 1.807) is 12.1 Å². The molecule has 1 aliphatic rings. The second kappa shape index (κ2) is 8.10. The SMILES string of the molecule is O=C(COc1ccc(Cl)cc1Cc1ccccc1)NC1CCS(=O)(=O)C1. The van der Waals surface area contributed by atoms with Gasteiger partial charge in [0.1, 0.15) is 5.75 Å². The van der Waals surface area contributed by atoms with E-state index in [4.69, 9.17) is 16.3 Å². The van der Waals surface area contributed by atoms with Crippen LogP contribution in [0, 0.1) is 0 Å². The average molecular weight is 394 g/mol. The Labute approximate surface area is 158 Å². The van der Waals surface area contributed by atoms with Gasteiger partial charge >= 0.3 is 0 Å². The number of amides is 1. The predicted octanol–water partition coefficient (Wildman–Crippen LogP) is 2.61. The number of rotatable bonds is 6. The van der Waals surface area contributed by atoms with Crippen LogP contribution in [0.25, 0.3) is 0 Å². The van der Waals surface area contributed by atoms with Gasteiger partial charge < -0.3 is 10.1 Å². The first kappa shape index (κ1) is 18.7. The van der Waals surface area contributed by atoms with E-state index >= 15 is 0 Å². The Hall–Kier alpha value is -2.05. The Kier molecular flexibility index (Phi) is 5.84. The summed E-state index contributed by atoms with van der Waals surface area (Å²) in [5.41, 5.74) is 2.00. The summed E-state index contributed by atoms with van der Waals surface area (Å²) in [6, 6.07) is 14.9. The molecule has 1 unspecified atom stereocenters. The van der Waals surface area contributed by atoms with E-state index in [9.17, 15) is 13.2 Å². The molecule has 1 amide bonds. The maximum Gasteiger partial charge on any atom is 0.258 e. The van der Waals surface area contributed by atoms with Gasteiger partial charge in [-0.2, -0.15) is 0 Å². The standard InChI is InChI=1S/C19H20ClNO4S/c20-16-6-7-18(15(11-16)10-14-4-2-1-3-5-14)25-12-19(22)21-17-8-9-26(23,24)13-17/h1-7,11,17H,8-10,12-13H2,(H,21,22). The zero-order valence-corrected chi connectivity index (χ0v) is 15.7. The largest absolute Gasteiger partial charge is 0.483 e. The minimum Gasteiger partial charge on any atom is -0.483 e. The topological polar surface area (TPSA) is 72.5 Å². The summed E-state index contributed by atoms with van der Waals surface area (Å²) in [6.07, 6.45) is 1.09. The second-order valence-electron chi connectivity index (χ2n) is 6.37. The lowest BCUT2D eigenvalue weighted by molar-refractivity contribution is -0.123. The van der Waals surface area contributed by atoms with Gasteiger partial charge in [-0.15, -0.1) is 0 Å². The van der Waals surface area contributed by atoms with Gasteiger partial charge in [-0.05, 0) is 35.7 Å². The van der Waals surface area contributed by atoms with E-state index in [1.165, 1.54) is 0 Å². The van der Waals surface area contributed by atoms with Crippen LogP contribution in [0.5, 0.6) is 5.75 Å². The molecule has 2 aromatic rings. The van der Waals surface area contributed by atoms with Crippen molar-refractivity contribution in [2.24, 2.45) is 0 Å². The lowest BCUT2D eigenvalue weighted by Crippen LogP contribution is -2.38. The molecule has 1 heterocycles. The maximum absolute atomic E-state index is 12.1. The summed E-state index contributed by atoms with van der Waals surface area (Å²) < 4.78 is 28.6. The number of benzene rings is 2. The summed E-state index contributed by atoms with van der Waals surface area (Å²) in [5.74, 6) is 0.385. The van der Waals surface area contributed by atoms with Gasteiger partial charge in [0.25, 0.3) is 5.91 Å². The Morgan fingerprint density at radius 1 is 1.19 bits per heavy atom. The predicted molar refractivity (Wildman–Crippen MR) is 101 cm³/mol. The molecule has 1 fully saturated rings. The number of hydrogen-bond donors (Lipinski definition) is 1. The Morgan fingerprint density at radius 3 is 2.65 bits per heavy atom. The normalized spacial score (nSPS) is 18.4. The average Bonchev–Trinajstić information content (AvgIpc) is 2.93. The van der Waals surface area contributed by atoms with Crippen LogP contribution in [0.3, 0.4) is 0 Å². The Balaban J connectivity index is 1.61. The van der Waals surface area contributed by atoms with Crippen molar-refractivity contribution in [2.45, 2.75) is 18.9 Å². The molecule has 0 bridgehead atoms. The van der Waals surface area contributed by atoms with E-state index in [-0.39, 0.29) is 30.1 Å². The molecule has 0 aliphatic carbocycles. The van der Waals surface area contributed by atoms with Crippen molar-refractivity contribution < 1.29 is 17.9 Å². The molecule has 1 aliphatic heterocycles. The van der Waals surface area contributed by atoms with Gasteiger partial charge in [0.2, 0.25) is 0 Å². The van der Waals surface area contributed by atoms with Gasteiger partial charge in [-0.3, -0.25) is 4.79 Å². The van der Waals surface area contributed by atoms with Crippen LogP contribution in [-0.4, -0.2) is 38.5 Å². The van der Waals surface area contributed by atoms with Crippen LogP contribution >= 0.6 is 11.6 Å². The molecular formula is C19H20ClNO4S. The molecule has 0 radical (unpaired) electrons. The molecule has 138 valence electrons. The Morgan fingerprint density at radius 2 is 1.96 bits per heavy atom. The Bertz CT molecular complexity index is 884. The minimum absolute atomic E-state index is 0.00105. The molecule has 3 rings (SSSR count). The molecule has 1 saturated heterocycles. The molecule has 2 aromatic carbocycles. The summed E-state index contributed by atoms with van der Waals surface area (Å²) in [5, 5.41) is 3.32. The number of carbonyl (C=O) groups excluding carboxylic acids is 1. The zero-order chi connectivity index (χ0) is 18.6. The third kappa shape index (κ3) is 5.22. The second-order valence-corrected chi connectivity index (χ2v) is 9.04. The fourth-order valence-corrected chi connectivity index (χ4v) is 4.83. The molecule has 1 N–H and O–H groups in total. The van der Waals surface area contributed by atoms with Crippen molar-refractivity contribution in [1.29, 1.82) is 0 Å².